The van der Waals surface area contributed by atoms with Crippen LogP contribution in [0.1, 0.15) is 33.6 Å². The van der Waals surface area contributed by atoms with Crippen LogP contribution in [0, 0.1) is 5.41 Å². The van der Waals surface area contributed by atoms with E-state index in [-0.39, 0.29) is 17.4 Å². The first kappa shape index (κ1) is 10.5. The maximum absolute atomic E-state index is 11.7. The lowest BCUT2D eigenvalue weighted by Gasteiger charge is -2.29. The minimum atomic E-state index is -0.0897. The molecule has 3 heteroatoms. The van der Waals surface area contributed by atoms with Gasteiger partial charge in [0.15, 0.2) is 0 Å². The summed E-state index contributed by atoms with van der Waals surface area (Å²) in [6, 6.07) is 0.360. The number of hydrogen-bond acceptors (Lipinski definition) is 2. The highest BCUT2D eigenvalue weighted by atomic mass is 16.2. The van der Waals surface area contributed by atoms with Crippen molar-refractivity contribution in [2.24, 2.45) is 5.41 Å². The minimum Gasteiger partial charge on any atom is -0.352 e. The second-order valence-corrected chi connectivity index (χ2v) is 4.87. The van der Waals surface area contributed by atoms with Gasteiger partial charge in [0.25, 0.3) is 0 Å². The van der Waals surface area contributed by atoms with Crippen molar-refractivity contribution in [3.05, 3.63) is 0 Å². The van der Waals surface area contributed by atoms with Gasteiger partial charge >= 0.3 is 0 Å². The van der Waals surface area contributed by atoms with Gasteiger partial charge in [-0.3, -0.25) is 4.79 Å². The molecule has 1 amide bonds. The first-order chi connectivity index (χ1) is 5.95. The van der Waals surface area contributed by atoms with Crippen molar-refractivity contribution < 1.29 is 4.79 Å². The van der Waals surface area contributed by atoms with Crippen molar-refractivity contribution >= 4 is 5.91 Å². The summed E-state index contributed by atoms with van der Waals surface area (Å²) in [6.07, 6.45) is 2.29. The molecule has 1 saturated carbocycles. The second-order valence-electron chi connectivity index (χ2n) is 4.87. The summed E-state index contributed by atoms with van der Waals surface area (Å²) >= 11 is 0. The highest BCUT2D eigenvalue weighted by molar-refractivity contribution is 5.83. The van der Waals surface area contributed by atoms with Crippen molar-refractivity contribution in [1.82, 2.24) is 10.6 Å². The van der Waals surface area contributed by atoms with E-state index in [0.717, 1.165) is 12.8 Å². The molecule has 76 valence electrons. The van der Waals surface area contributed by atoms with Gasteiger partial charge in [-0.1, -0.05) is 20.8 Å². The average Bonchev–Trinajstić information content (AvgIpc) is 2.69. The molecule has 1 aliphatic carbocycles. The van der Waals surface area contributed by atoms with Gasteiger partial charge in [0.05, 0.1) is 6.04 Å². The zero-order chi connectivity index (χ0) is 10.1. The second kappa shape index (κ2) is 3.66. The third-order valence-electron chi connectivity index (χ3n) is 2.34. The number of carbonyl (C=O) groups is 1. The lowest BCUT2D eigenvalue weighted by Crippen LogP contribution is -2.50. The van der Waals surface area contributed by atoms with Gasteiger partial charge in [-0.25, -0.2) is 0 Å². The van der Waals surface area contributed by atoms with E-state index in [2.05, 4.69) is 31.4 Å². The van der Waals surface area contributed by atoms with Gasteiger partial charge in [0, 0.05) is 6.04 Å². The number of likely N-dealkylation sites (N-methyl/N-ethyl adjacent to an activating group) is 1. The zero-order valence-electron chi connectivity index (χ0n) is 8.98. The Balaban J connectivity index is 2.48. The Bertz CT molecular complexity index is 192. The summed E-state index contributed by atoms with van der Waals surface area (Å²) in [5.41, 5.74) is -0.0201. The van der Waals surface area contributed by atoms with Crippen molar-refractivity contribution in [2.75, 3.05) is 7.05 Å². The van der Waals surface area contributed by atoms with Crippen LogP contribution in [0.5, 0.6) is 0 Å². The molecule has 0 saturated heterocycles. The molecule has 1 fully saturated rings. The van der Waals surface area contributed by atoms with Crippen molar-refractivity contribution in [3.63, 3.8) is 0 Å². The third kappa shape index (κ3) is 2.99. The molecule has 3 nitrogen and oxygen atoms in total. The molecule has 1 atom stereocenters. The number of rotatable bonds is 3. The van der Waals surface area contributed by atoms with E-state index in [4.69, 9.17) is 0 Å². The molecule has 13 heavy (non-hydrogen) atoms. The van der Waals surface area contributed by atoms with E-state index in [0.29, 0.717) is 6.04 Å². The lowest BCUT2D eigenvalue weighted by molar-refractivity contribution is -0.125. The van der Waals surface area contributed by atoms with Crippen LogP contribution in [0.15, 0.2) is 0 Å². The third-order valence-corrected chi connectivity index (χ3v) is 2.34. The van der Waals surface area contributed by atoms with Gasteiger partial charge in [-0.15, -0.1) is 0 Å². The topological polar surface area (TPSA) is 41.1 Å². The van der Waals surface area contributed by atoms with Crippen LogP contribution in [-0.2, 0) is 4.79 Å². The lowest BCUT2D eigenvalue weighted by atomic mass is 9.86. The fourth-order valence-electron chi connectivity index (χ4n) is 1.47. The van der Waals surface area contributed by atoms with E-state index in [9.17, 15) is 4.79 Å². The Labute approximate surface area is 80.3 Å². The van der Waals surface area contributed by atoms with Gasteiger partial charge in [0.2, 0.25) is 5.91 Å². The van der Waals surface area contributed by atoms with Crippen LogP contribution in [0.4, 0.5) is 0 Å². The molecule has 0 aromatic carbocycles. The highest BCUT2D eigenvalue weighted by Gasteiger charge is 2.33. The first-order valence-corrected chi connectivity index (χ1v) is 4.93. The van der Waals surface area contributed by atoms with Gasteiger partial charge < -0.3 is 10.6 Å². The number of carbonyl (C=O) groups excluding carboxylic acids is 1. The van der Waals surface area contributed by atoms with Crippen molar-refractivity contribution in [3.8, 4) is 0 Å². The van der Waals surface area contributed by atoms with Crippen LogP contribution >= 0.6 is 0 Å². The van der Waals surface area contributed by atoms with E-state index < -0.39 is 0 Å². The summed E-state index contributed by atoms with van der Waals surface area (Å²) in [5.74, 6) is 0.137. The fraction of sp³-hybridized carbons (Fsp3) is 0.900. The van der Waals surface area contributed by atoms with E-state index >= 15 is 0 Å². The highest BCUT2D eigenvalue weighted by Crippen LogP contribution is 2.22. The summed E-state index contributed by atoms with van der Waals surface area (Å²) in [5, 5.41) is 6.07. The Kier molecular flexibility index (Phi) is 2.96. The molecule has 2 N–H and O–H groups in total. The van der Waals surface area contributed by atoms with E-state index in [1.54, 1.807) is 0 Å². The van der Waals surface area contributed by atoms with Crippen LogP contribution in [0.2, 0.25) is 0 Å². The normalized spacial score (nSPS) is 19.7. The Morgan fingerprint density at radius 3 is 2.23 bits per heavy atom. The first-order valence-electron chi connectivity index (χ1n) is 4.93. The molecule has 1 unspecified atom stereocenters. The molecule has 1 rings (SSSR count). The molecule has 0 heterocycles. The minimum absolute atomic E-state index is 0.0201. The Morgan fingerprint density at radius 2 is 1.92 bits per heavy atom. The maximum Gasteiger partial charge on any atom is 0.237 e. The molecule has 0 spiro atoms. The predicted octanol–water partition coefficient (Wildman–Crippen LogP) is 0.899. The van der Waals surface area contributed by atoms with E-state index in [1.807, 2.05) is 7.05 Å². The van der Waals surface area contributed by atoms with Gasteiger partial charge in [-0.2, -0.15) is 0 Å². The Hall–Kier alpha value is -0.570. The summed E-state index contributed by atoms with van der Waals surface area (Å²) in [4.78, 5) is 11.7. The standard InChI is InChI=1S/C10H20N2O/c1-10(2,3)8(11-4)9(13)12-7-5-6-7/h7-8,11H,5-6H2,1-4H3,(H,12,13). The average molecular weight is 184 g/mol. The number of amides is 1. The van der Waals surface area contributed by atoms with E-state index in [1.165, 1.54) is 0 Å². The van der Waals surface area contributed by atoms with Crippen LogP contribution in [0.3, 0.4) is 0 Å². The molecular formula is C10H20N2O. The smallest absolute Gasteiger partial charge is 0.237 e. The van der Waals surface area contributed by atoms with Crippen molar-refractivity contribution in [1.29, 1.82) is 0 Å². The zero-order valence-corrected chi connectivity index (χ0v) is 8.98. The largest absolute Gasteiger partial charge is 0.352 e. The summed E-state index contributed by atoms with van der Waals surface area (Å²) in [6.45, 7) is 6.21. The predicted molar refractivity (Wildman–Crippen MR) is 53.5 cm³/mol. The summed E-state index contributed by atoms with van der Waals surface area (Å²) < 4.78 is 0. The molecule has 0 bridgehead atoms. The van der Waals surface area contributed by atoms with Gasteiger partial charge in [0.1, 0.15) is 0 Å². The monoisotopic (exact) mass is 184 g/mol. The summed E-state index contributed by atoms with van der Waals surface area (Å²) in [7, 11) is 1.84. The quantitative estimate of drug-likeness (QED) is 0.684. The van der Waals surface area contributed by atoms with Crippen molar-refractivity contribution in [2.45, 2.75) is 45.7 Å². The maximum atomic E-state index is 11.7. The number of nitrogens with one attached hydrogen (secondary N) is 2. The number of hydrogen-bond donors (Lipinski definition) is 2. The van der Waals surface area contributed by atoms with Crippen LogP contribution in [0.25, 0.3) is 0 Å². The Morgan fingerprint density at radius 1 is 1.38 bits per heavy atom. The molecule has 0 radical (unpaired) electrons. The SMILES string of the molecule is CNC(C(=O)NC1CC1)C(C)(C)C. The van der Waals surface area contributed by atoms with Crippen LogP contribution < -0.4 is 10.6 Å². The molecule has 0 aromatic heterocycles. The van der Waals surface area contributed by atoms with Crippen LogP contribution in [-0.4, -0.2) is 25.0 Å². The molecule has 0 aromatic rings. The molecular weight excluding hydrogens is 164 g/mol. The molecule has 1 aliphatic rings. The molecule has 0 aliphatic heterocycles. The fourth-order valence-corrected chi connectivity index (χ4v) is 1.47. The van der Waals surface area contributed by atoms with Gasteiger partial charge in [-0.05, 0) is 25.3 Å².